The number of carbonyl (C=O) groups excluding carboxylic acids is 2. The molecule has 0 unspecified atom stereocenters. The third kappa shape index (κ3) is 6.26. The molecular formula is C26H27ClN4O2. The van der Waals surface area contributed by atoms with Crippen LogP contribution in [0.3, 0.4) is 0 Å². The minimum atomic E-state index is -0.361. The lowest BCUT2D eigenvalue weighted by Gasteiger charge is -2.26. The Labute approximate surface area is 198 Å². The van der Waals surface area contributed by atoms with Gasteiger partial charge in [-0.3, -0.25) is 4.79 Å². The van der Waals surface area contributed by atoms with Crippen LogP contribution in [0.1, 0.15) is 36.0 Å². The highest BCUT2D eigenvalue weighted by molar-refractivity contribution is 6.30. The van der Waals surface area contributed by atoms with E-state index in [2.05, 4.69) is 20.9 Å². The predicted octanol–water partition coefficient (Wildman–Crippen LogP) is 6.62. The number of hydrogen-bond acceptors (Lipinski definition) is 3. The molecule has 1 aliphatic heterocycles. The zero-order valence-electron chi connectivity index (χ0n) is 18.3. The largest absolute Gasteiger partial charge is 0.370 e. The molecule has 6 nitrogen and oxygen atoms in total. The molecular weight excluding hydrogens is 436 g/mol. The fourth-order valence-corrected chi connectivity index (χ4v) is 4.04. The van der Waals surface area contributed by atoms with Gasteiger partial charge in [0.15, 0.2) is 0 Å². The van der Waals surface area contributed by atoms with Crippen molar-refractivity contribution in [2.75, 3.05) is 33.9 Å². The average molecular weight is 463 g/mol. The van der Waals surface area contributed by atoms with E-state index < -0.39 is 0 Å². The maximum Gasteiger partial charge on any atom is 0.323 e. The molecule has 3 amide bonds. The van der Waals surface area contributed by atoms with Gasteiger partial charge in [0.05, 0.1) is 11.4 Å². The summed E-state index contributed by atoms with van der Waals surface area (Å²) in [7, 11) is 0. The maximum atomic E-state index is 12.8. The molecule has 3 aromatic carbocycles. The molecule has 7 heteroatoms. The normalized spacial score (nSPS) is 13.7. The van der Waals surface area contributed by atoms with Crippen molar-refractivity contribution in [1.82, 2.24) is 0 Å². The number of rotatable bonds is 5. The van der Waals surface area contributed by atoms with Crippen LogP contribution >= 0.6 is 11.6 Å². The zero-order chi connectivity index (χ0) is 23.0. The summed E-state index contributed by atoms with van der Waals surface area (Å²) < 4.78 is 0. The third-order valence-electron chi connectivity index (χ3n) is 5.59. The molecule has 33 heavy (non-hydrogen) atoms. The van der Waals surface area contributed by atoms with Gasteiger partial charge >= 0.3 is 6.03 Å². The fraction of sp³-hybridized carbons (Fsp3) is 0.231. The molecule has 0 atom stereocenters. The highest BCUT2D eigenvalue weighted by atomic mass is 35.5. The van der Waals surface area contributed by atoms with Crippen LogP contribution in [0.15, 0.2) is 72.8 Å². The monoisotopic (exact) mass is 462 g/mol. The Balaban J connectivity index is 1.56. The minimum absolute atomic E-state index is 0.199. The van der Waals surface area contributed by atoms with Crippen LogP contribution in [0, 0.1) is 0 Å². The number of carbonyl (C=O) groups is 2. The van der Waals surface area contributed by atoms with Crippen molar-refractivity contribution in [2.45, 2.75) is 25.7 Å². The Morgan fingerprint density at radius 3 is 2.09 bits per heavy atom. The summed E-state index contributed by atoms with van der Waals surface area (Å²) >= 11 is 5.93. The first-order valence-corrected chi connectivity index (χ1v) is 11.6. The second-order valence-corrected chi connectivity index (χ2v) is 8.48. The van der Waals surface area contributed by atoms with Gasteiger partial charge in [0.1, 0.15) is 0 Å². The summed E-state index contributed by atoms with van der Waals surface area (Å²) in [5.41, 5.74) is 3.42. The van der Waals surface area contributed by atoms with E-state index in [1.165, 1.54) is 12.8 Å². The third-order valence-corrected chi connectivity index (χ3v) is 5.84. The molecule has 0 aliphatic carbocycles. The summed E-state index contributed by atoms with van der Waals surface area (Å²) in [6.45, 7) is 1.87. The Bertz CT molecular complexity index is 1100. The smallest absolute Gasteiger partial charge is 0.323 e. The standard InChI is InChI=1S/C26H27ClN4O2/c27-20-10-12-21(13-11-20)29-26(33)30-23-18-22(28-25(32)19-8-4-3-5-9-19)14-15-24(23)31-16-6-1-2-7-17-31/h3-5,8-15,18H,1-2,6-7,16-17H2,(H,28,32)(H2,29,30,33). The lowest BCUT2D eigenvalue weighted by molar-refractivity contribution is 0.102. The quantitative estimate of drug-likeness (QED) is 0.399. The van der Waals surface area contributed by atoms with Gasteiger partial charge in [-0.2, -0.15) is 0 Å². The molecule has 3 aromatic rings. The van der Waals surface area contributed by atoms with Crippen LogP contribution in [0.25, 0.3) is 0 Å². The van der Waals surface area contributed by atoms with Crippen molar-refractivity contribution in [2.24, 2.45) is 0 Å². The van der Waals surface area contributed by atoms with Crippen LogP contribution in [0.5, 0.6) is 0 Å². The molecule has 4 rings (SSSR count). The van der Waals surface area contributed by atoms with Crippen LogP contribution in [-0.4, -0.2) is 25.0 Å². The van der Waals surface area contributed by atoms with E-state index in [4.69, 9.17) is 11.6 Å². The molecule has 1 heterocycles. The number of benzene rings is 3. The van der Waals surface area contributed by atoms with Gasteiger partial charge in [-0.25, -0.2) is 4.79 Å². The number of anilines is 4. The van der Waals surface area contributed by atoms with E-state index in [9.17, 15) is 9.59 Å². The highest BCUT2D eigenvalue weighted by Gasteiger charge is 2.17. The van der Waals surface area contributed by atoms with Gasteiger partial charge in [-0.1, -0.05) is 42.6 Å². The minimum Gasteiger partial charge on any atom is -0.370 e. The molecule has 0 bridgehead atoms. The second-order valence-electron chi connectivity index (χ2n) is 8.04. The van der Waals surface area contributed by atoms with E-state index in [0.29, 0.717) is 27.6 Å². The average Bonchev–Trinajstić information content (AvgIpc) is 3.11. The molecule has 0 radical (unpaired) electrons. The molecule has 1 saturated heterocycles. The SMILES string of the molecule is O=C(Nc1ccc(Cl)cc1)Nc1cc(NC(=O)c2ccccc2)ccc1N1CCCCCC1. The topological polar surface area (TPSA) is 73.5 Å². The Kier molecular flexibility index (Phi) is 7.47. The van der Waals surface area contributed by atoms with Gasteiger partial charge in [-0.05, 0) is 67.4 Å². The van der Waals surface area contributed by atoms with Crippen LogP contribution in [-0.2, 0) is 0 Å². The van der Waals surface area contributed by atoms with E-state index >= 15 is 0 Å². The van der Waals surface area contributed by atoms with Crippen molar-refractivity contribution >= 4 is 46.3 Å². The first-order valence-electron chi connectivity index (χ1n) is 11.2. The van der Waals surface area contributed by atoms with Crippen molar-refractivity contribution in [3.8, 4) is 0 Å². The Morgan fingerprint density at radius 1 is 0.727 bits per heavy atom. The summed E-state index contributed by atoms with van der Waals surface area (Å²) in [5.74, 6) is -0.199. The summed E-state index contributed by atoms with van der Waals surface area (Å²) in [6.07, 6.45) is 4.65. The van der Waals surface area contributed by atoms with Crippen molar-refractivity contribution in [3.05, 3.63) is 83.4 Å². The van der Waals surface area contributed by atoms with E-state index in [-0.39, 0.29) is 11.9 Å². The number of nitrogens with one attached hydrogen (secondary N) is 3. The zero-order valence-corrected chi connectivity index (χ0v) is 19.1. The first kappa shape index (κ1) is 22.7. The van der Waals surface area contributed by atoms with Crippen LogP contribution in [0.2, 0.25) is 5.02 Å². The number of urea groups is 1. The van der Waals surface area contributed by atoms with Gasteiger partial charge in [-0.15, -0.1) is 0 Å². The second kappa shape index (κ2) is 10.9. The highest BCUT2D eigenvalue weighted by Crippen LogP contribution is 2.31. The molecule has 0 spiro atoms. The summed E-state index contributed by atoms with van der Waals surface area (Å²) in [4.78, 5) is 27.7. The van der Waals surface area contributed by atoms with Crippen LogP contribution in [0.4, 0.5) is 27.5 Å². The molecule has 3 N–H and O–H groups in total. The van der Waals surface area contributed by atoms with Crippen molar-refractivity contribution in [3.63, 3.8) is 0 Å². The van der Waals surface area contributed by atoms with Gasteiger partial charge in [0.2, 0.25) is 0 Å². The lowest BCUT2D eigenvalue weighted by atomic mass is 10.1. The van der Waals surface area contributed by atoms with Gasteiger partial charge in [0.25, 0.3) is 5.91 Å². The van der Waals surface area contributed by atoms with Gasteiger partial charge < -0.3 is 20.9 Å². The molecule has 0 saturated carbocycles. The maximum absolute atomic E-state index is 12.8. The first-order chi connectivity index (χ1) is 16.1. The van der Waals surface area contributed by atoms with Crippen molar-refractivity contribution < 1.29 is 9.59 Å². The van der Waals surface area contributed by atoms with E-state index in [1.807, 2.05) is 36.4 Å². The molecule has 1 fully saturated rings. The van der Waals surface area contributed by atoms with E-state index in [1.54, 1.807) is 36.4 Å². The number of nitrogens with zero attached hydrogens (tertiary/aromatic N) is 1. The molecule has 0 aromatic heterocycles. The molecule has 1 aliphatic rings. The van der Waals surface area contributed by atoms with Crippen LogP contribution < -0.4 is 20.9 Å². The fourth-order valence-electron chi connectivity index (χ4n) is 3.91. The Morgan fingerprint density at radius 2 is 1.39 bits per heavy atom. The number of hydrogen-bond donors (Lipinski definition) is 3. The van der Waals surface area contributed by atoms with Gasteiger partial charge in [0, 0.05) is 35.1 Å². The summed E-state index contributed by atoms with van der Waals surface area (Å²) in [6, 6.07) is 21.3. The molecule has 170 valence electrons. The Hall–Kier alpha value is -3.51. The van der Waals surface area contributed by atoms with E-state index in [0.717, 1.165) is 31.6 Å². The number of amides is 3. The predicted molar refractivity (Wildman–Crippen MR) is 136 cm³/mol. The van der Waals surface area contributed by atoms with Crippen molar-refractivity contribution in [1.29, 1.82) is 0 Å². The summed E-state index contributed by atoms with van der Waals surface area (Å²) in [5, 5.41) is 9.33. The number of halogens is 1. The lowest BCUT2D eigenvalue weighted by Crippen LogP contribution is -2.27.